The van der Waals surface area contributed by atoms with Gasteiger partial charge in [-0.15, -0.1) is 11.8 Å². The van der Waals surface area contributed by atoms with Gasteiger partial charge in [0.2, 0.25) is 10.0 Å². The maximum absolute atomic E-state index is 11.8. The molecular weight excluding hydrogens is 476 g/mol. The molecule has 6 nitrogen and oxygen atoms in total. The van der Waals surface area contributed by atoms with Crippen molar-refractivity contribution < 1.29 is 8.42 Å². The number of nitrogens with one attached hydrogen (secondary N) is 1. The number of hydrogen-bond acceptors (Lipinski definition) is 6. The van der Waals surface area contributed by atoms with Crippen LogP contribution in [0.1, 0.15) is 0 Å². The van der Waals surface area contributed by atoms with Gasteiger partial charge < -0.3 is 10.2 Å². The molecule has 0 spiro atoms. The molecule has 2 heterocycles. The molecule has 35 heavy (non-hydrogen) atoms. The first-order valence-corrected chi connectivity index (χ1v) is 14.6. The van der Waals surface area contributed by atoms with Gasteiger partial charge in [0, 0.05) is 59.7 Å². The highest BCUT2D eigenvalue weighted by Gasteiger charge is 2.23. The molecule has 0 amide bonds. The number of anilines is 3. The van der Waals surface area contributed by atoms with E-state index in [1.54, 1.807) is 16.1 Å². The van der Waals surface area contributed by atoms with Crippen LogP contribution in [-0.2, 0) is 10.0 Å². The zero-order valence-electron chi connectivity index (χ0n) is 19.8. The van der Waals surface area contributed by atoms with Crippen LogP contribution >= 0.6 is 11.8 Å². The van der Waals surface area contributed by atoms with Crippen molar-refractivity contribution in [3.8, 4) is 11.1 Å². The lowest BCUT2D eigenvalue weighted by molar-refractivity contribution is 0.388. The van der Waals surface area contributed by atoms with Crippen LogP contribution in [0.2, 0.25) is 0 Å². The van der Waals surface area contributed by atoms with Crippen LogP contribution in [0, 0.1) is 0 Å². The van der Waals surface area contributed by atoms with Crippen molar-refractivity contribution in [2.24, 2.45) is 0 Å². The van der Waals surface area contributed by atoms with Crippen LogP contribution in [0.5, 0.6) is 0 Å². The number of benzene rings is 3. The minimum Gasteiger partial charge on any atom is -0.369 e. The highest BCUT2D eigenvalue weighted by molar-refractivity contribution is 7.98. The largest absolute Gasteiger partial charge is 0.369 e. The Kier molecular flexibility index (Phi) is 6.69. The first-order chi connectivity index (χ1) is 16.9. The molecule has 0 radical (unpaired) electrons. The third-order valence-electron chi connectivity index (χ3n) is 6.38. The van der Waals surface area contributed by atoms with E-state index < -0.39 is 10.0 Å². The zero-order chi connectivity index (χ0) is 24.4. The average Bonchev–Trinajstić information content (AvgIpc) is 2.89. The van der Waals surface area contributed by atoms with Crippen LogP contribution in [-0.4, -0.2) is 56.4 Å². The summed E-state index contributed by atoms with van der Waals surface area (Å²) in [5, 5.41) is 4.62. The number of thioether (sulfide) groups is 1. The number of pyridine rings is 1. The lowest BCUT2D eigenvalue weighted by Crippen LogP contribution is -2.48. The number of hydrogen-bond donors (Lipinski definition) is 1. The van der Waals surface area contributed by atoms with Crippen LogP contribution in [0.25, 0.3) is 22.0 Å². The van der Waals surface area contributed by atoms with Crippen molar-refractivity contribution in [1.82, 2.24) is 9.29 Å². The van der Waals surface area contributed by atoms with Gasteiger partial charge in [0.25, 0.3) is 0 Å². The number of sulfonamides is 1. The summed E-state index contributed by atoms with van der Waals surface area (Å²) in [7, 11) is -3.12. The molecule has 1 aliphatic rings. The first kappa shape index (κ1) is 23.7. The molecule has 1 aliphatic heterocycles. The van der Waals surface area contributed by atoms with E-state index in [1.165, 1.54) is 16.7 Å². The molecule has 180 valence electrons. The molecule has 8 heteroatoms. The van der Waals surface area contributed by atoms with Crippen LogP contribution in [0.4, 0.5) is 17.1 Å². The first-order valence-electron chi connectivity index (χ1n) is 11.5. The molecule has 0 unspecified atom stereocenters. The summed E-state index contributed by atoms with van der Waals surface area (Å²) in [6.45, 7) is 2.42. The predicted molar refractivity (Wildman–Crippen MR) is 147 cm³/mol. The summed E-state index contributed by atoms with van der Waals surface area (Å²) in [6, 6.07) is 25.3. The fourth-order valence-corrected chi connectivity index (χ4v) is 5.64. The standard InChI is InChI=1S/C27H28N4O2S2/c1-34-24-10-3-20(4-11-24)21-5-12-26-25(19-21)27(13-14-28-26)29-22-6-8-23(9-7-22)30-15-17-31(18-16-30)35(2,32)33/h3-14,19H,15-18H2,1-2H3,(H,28,29). The molecule has 3 aromatic carbocycles. The van der Waals surface area contributed by atoms with Gasteiger partial charge in [0.15, 0.2) is 0 Å². The lowest BCUT2D eigenvalue weighted by atomic mass is 10.0. The second-order valence-corrected chi connectivity index (χ2v) is 11.5. The number of aromatic nitrogens is 1. The molecule has 1 N–H and O–H groups in total. The smallest absolute Gasteiger partial charge is 0.211 e. The molecule has 0 saturated carbocycles. The monoisotopic (exact) mass is 504 g/mol. The molecule has 5 rings (SSSR count). The summed E-state index contributed by atoms with van der Waals surface area (Å²) in [4.78, 5) is 8.02. The van der Waals surface area contributed by atoms with Crippen molar-refractivity contribution >= 4 is 49.8 Å². The Bertz CT molecular complexity index is 1430. The topological polar surface area (TPSA) is 65.5 Å². The molecule has 0 atom stereocenters. The molecular formula is C27H28N4O2S2. The third kappa shape index (κ3) is 5.29. The van der Waals surface area contributed by atoms with Gasteiger partial charge in [-0.3, -0.25) is 4.98 Å². The van der Waals surface area contributed by atoms with Gasteiger partial charge in [-0.05, 0) is 72.0 Å². The van der Waals surface area contributed by atoms with Crippen molar-refractivity contribution in [1.29, 1.82) is 0 Å². The van der Waals surface area contributed by atoms with E-state index in [4.69, 9.17) is 0 Å². The summed E-state index contributed by atoms with van der Waals surface area (Å²) in [5.41, 5.74) is 6.38. The van der Waals surface area contributed by atoms with Gasteiger partial charge >= 0.3 is 0 Å². The predicted octanol–water partition coefficient (Wildman–Crippen LogP) is 5.45. The van der Waals surface area contributed by atoms with Crippen molar-refractivity contribution in [3.63, 3.8) is 0 Å². The molecule has 4 aromatic rings. The Morgan fingerprint density at radius 1 is 0.857 bits per heavy atom. The van der Waals surface area contributed by atoms with Crippen LogP contribution in [0.3, 0.4) is 0 Å². The summed E-state index contributed by atoms with van der Waals surface area (Å²) in [6.07, 6.45) is 5.18. The van der Waals surface area contributed by atoms with Crippen LogP contribution in [0.15, 0.2) is 83.9 Å². The fourth-order valence-electron chi connectivity index (χ4n) is 4.41. The number of nitrogens with zero attached hydrogens (tertiary/aromatic N) is 3. The number of piperazine rings is 1. The molecule has 1 aromatic heterocycles. The SMILES string of the molecule is CSc1ccc(-c2ccc3nccc(Nc4ccc(N5CCN(S(C)(=O)=O)CC5)cc4)c3c2)cc1. The second kappa shape index (κ2) is 9.89. The Balaban J connectivity index is 1.34. The van der Waals surface area contributed by atoms with E-state index >= 15 is 0 Å². The van der Waals surface area contributed by atoms with E-state index in [2.05, 4.69) is 88.2 Å². The highest BCUT2D eigenvalue weighted by Crippen LogP contribution is 2.31. The number of fused-ring (bicyclic) bond motifs is 1. The minimum absolute atomic E-state index is 0.518. The van der Waals surface area contributed by atoms with Crippen molar-refractivity contribution in [3.05, 3.63) is 79.0 Å². The average molecular weight is 505 g/mol. The minimum atomic E-state index is -3.12. The summed E-state index contributed by atoms with van der Waals surface area (Å²) >= 11 is 1.74. The quantitative estimate of drug-likeness (QED) is 0.352. The van der Waals surface area contributed by atoms with Gasteiger partial charge in [-0.2, -0.15) is 4.31 Å². The lowest BCUT2D eigenvalue weighted by Gasteiger charge is -2.34. The maximum Gasteiger partial charge on any atom is 0.211 e. The van der Waals surface area contributed by atoms with E-state index in [-0.39, 0.29) is 0 Å². The van der Waals surface area contributed by atoms with Gasteiger partial charge in [-0.25, -0.2) is 8.42 Å². The van der Waals surface area contributed by atoms with Gasteiger partial charge in [0.1, 0.15) is 0 Å². The summed E-state index contributed by atoms with van der Waals surface area (Å²) in [5.74, 6) is 0. The van der Waals surface area contributed by atoms with E-state index in [9.17, 15) is 8.42 Å². The van der Waals surface area contributed by atoms with E-state index in [0.29, 0.717) is 26.2 Å². The normalized spacial score (nSPS) is 14.9. The highest BCUT2D eigenvalue weighted by atomic mass is 32.2. The zero-order valence-corrected chi connectivity index (χ0v) is 21.4. The molecule has 0 bridgehead atoms. The van der Waals surface area contributed by atoms with Crippen molar-refractivity contribution in [2.45, 2.75) is 4.90 Å². The number of rotatable bonds is 6. The Morgan fingerprint density at radius 2 is 1.54 bits per heavy atom. The second-order valence-electron chi connectivity index (χ2n) is 8.64. The Morgan fingerprint density at radius 3 is 2.20 bits per heavy atom. The molecule has 1 fully saturated rings. The molecule has 0 aliphatic carbocycles. The van der Waals surface area contributed by atoms with Gasteiger partial charge in [0.05, 0.1) is 11.8 Å². The third-order valence-corrected chi connectivity index (χ3v) is 8.43. The summed E-state index contributed by atoms with van der Waals surface area (Å²) < 4.78 is 25.1. The van der Waals surface area contributed by atoms with Crippen molar-refractivity contribution in [2.75, 3.05) is 48.9 Å². The Hall–Kier alpha value is -3.07. The van der Waals surface area contributed by atoms with Gasteiger partial charge in [-0.1, -0.05) is 18.2 Å². The van der Waals surface area contributed by atoms with E-state index in [0.717, 1.165) is 33.5 Å². The fraction of sp³-hybridized carbons (Fsp3) is 0.222. The van der Waals surface area contributed by atoms with E-state index in [1.807, 2.05) is 12.3 Å². The van der Waals surface area contributed by atoms with Crippen LogP contribution < -0.4 is 10.2 Å². The Labute approximate surface area is 211 Å². The maximum atomic E-state index is 11.8. The molecule has 1 saturated heterocycles.